The molecule has 0 saturated heterocycles. The molecule has 1 nitrogen and oxygen atoms in total. The van der Waals surface area contributed by atoms with Crippen molar-refractivity contribution in [1.82, 2.24) is 0 Å². The van der Waals surface area contributed by atoms with E-state index in [1.165, 1.54) is 30.4 Å². The van der Waals surface area contributed by atoms with Gasteiger partial charge < -0.3 is 5.32 Å². The summed E-state index contributed by atoms with van der Waals surface area (Å²) >= 11 is 6.13. The molecule has 1 fully saturated rings. The molecule has 0 amide bonds. The Labute approximate surface area is 96.8 Å². The molecule has 1 aliphatic rings. The third kappa shape index (κ3) is 2.88. The fourth-order valence-electron chi connectivity index (χ4n) is 1.75. The van der Waals surface area contributed by atoms with Crippen molar-refractivity contribution >= 4 is 17.3 Å². The number of hydrogen-bond donors (Lipinski definition) is 1. The van der Waals surface area contributed by atoms with Crippen LogP contribution < -0.4 is 5.32 Å². The molecule has 0 radical (unpaired) electrons. The third-order valence-corrected chi connectivity index (χ3v) is 3.58. The van der Waals surface area contributed by atoms with Crippen molar-refractivity contribution in [3.8, 4) is 0 Å². The summed E-state index contributed by atoms with van der Waals surface area (Å²) in [4.78, 5) is 0. The molecular weight excluding hydrogens is 206 g/mol. The molecule has 2 heteroatoms. The standard InChI is InChI=1S/C13H18ClN/c1-9-7-12(8-13(14)10(9)2)15-6-5-11-3-4-11/h7-8,11,15H,3-6H2,1-2H3. The topological polar surface area (TPSA) is 12.0 Å². The summed E-state index contributed by atoms with van der Waals surface area (Å²) in [5.41, 5.74) is 3.60. The van der Waals surface area contributed by atoms with Gasteiger partial charge in [-0.1, -0.05) is 24.4 Å². The molecule has 82 valence electrons. The quantitative estimate of drug-likeness (QED) is 0.808. The van der Waals surface area contributed by atoms with E-state index in [1.54, 1.807) is 0 Å². The predicted octanol–water partition coefficient (Wildman–Crippen LogP) is 4.17. The van der Waals surface area contributed by atoms with Gasteiger partial charge in [0.1, 0.15) is 0 Å². The van der Waals surface area contributed by atoms with Gasteiger partial charge in [-0.3, -0.25) is 0 Å². The van der Waals surface area contributed by atoms with Crippen molar-refractivity contribution in [3.05, 3.63) is 28.3 Å². The Morgan fingerprint density at radius 1 is 1.33 bits per heavy atom. The maximum atomic E-state index is 6.13. The first-order valence-corrected chi connectivity index (χ1v) is 6.05. The summed E-state index contributed by atoms with van der Waals surface area (Å²) in [5, 5.41) is 4.31. The van der Waals surface area contributed by atoms with E-state index in [0.29, 0.717) is 0 Å². The van der Waals surface area contributed by atoms with Gasteiger partial charge in [0.2, 0.25) is 0 Å². The van der Waals surface area contributed by atoms with Gasteiger partial charge >= 0.3 is 0 Å². The molecule has 15 heavy (non-hydrogen) atoms. The number of benzene rings is 1. The minimum atomic E-state index is 0.865. The molecule has 0 unspecified atom stereocenters. The van der Waals surface area contributed by atoms with Crippen LogP contribution in [0.15, 0.2) is 12.1 Å². The second kappa shape index (κ2) is 4.44. The maximum absolute atomic E-state index is 6.13. The number of hydrogen-bond acceptors (Lipinski definition) is 1. The van der Waals surface area contributed by atoms with Crippen LogP contribution >= 0.6 is 11.6 Å². The maximum Gasteiger partial charge on any atom is 0.0458 e. The highest BCUT2D eigenvalue weighted by Gasteiger charge is 2.20. The van der Waals surface area contributed by atoms with E-state index in [-0.39, 0.29) is 0 Å². The van der Waals surface area contributed by atoms with Crippen LogP contribution in [-0.2, 0) is 0 Å². The third-order valence-electron chi connectivity index (χ3n) is 3.18. The van der Waals surface area contributed by atoms with E-state index >= 15 is 0 Å². The lowest BCUT2D eigenvalue weighted by Gasteiger charge is -2.10. The van der Waals surface area contributed by atoms with Crippen molar-refractivity contribution in [2.75, 3.05) is 11.9 Å². The number of halogens is 1. The number of aryl methyl sites for hydroxylation is 1. The van der Waals surface area contributed by atoms with Gasteiger partial charge in [0.05, 0.1) is 0 Å². The average molecular weight is 224 g/mol. The fourth-order valence-corrected chi connectivity index (χ4v) is 2.01. The summed E-state index contributed by atoms with van der Waals surface area (Å²) in [6, 6.07) is 4.20. The van der Waals surface area contributed by atoms with Gasteiger partial charge in [-0.2, -0.15) is 0 Å². The van der Waals surface area contributed by atoms with E-state index in [0.717, 1.165) is 23.2 Å². The zero-order valence-electron chi connectivity index (χ0n) is 9.44. The minimum absolute atomic E-state index is 0.865. The van der Waals surface area contributed by atoms with Crippen molar-refractivity contribution in [3.63, 3.8) is 0 Å². The van der Waals surface area contributed by atoms with E-state index in [4.69, 9.17) is 11.6 Å². The summed E-state index contributed by atoms with van der Waals surface area (Å²) in [6.07, 6.45) is 4.15. The lowest BCUT2D eigenvalue weighted by molar-refractivity contribution is 0.760. The summed E-state index contributed by atoms with van der Waals surface area (Å²) in [6.45, 7) is 5.24. The molecule has 0 bridgehead atoms. The van der Waals surface area contributed by atoms with Crippen LogP contribution in [-0.4, -0.2) is 6.54 Å². The minimum Gasteiger partial charge on any atom is -0.385 e. The zero-order valence-corrected chi connectivity index (χ0v) is 10.2. The van der Waals surface area contributed by atoms with Gasteiger partial charge in [-0.05, 0) is 49.4 Å². The van der Waals surface area contributed by atoms with Crippen LogP contribution in [0, 0.1) is 19.8 Å². The fraction of sp³-hybridized carbons (Fsp3) is 0.538. The molecule has 0 atom stereocenters. The summed E-state index contributed by atoms with van der Waals surface area (Å²) in [7, 11) is 0. The largest absolute Gasteiger partial charge is 0.385 e. The van der Waals surface area contributed by atoms with Crippen molar-refractivity contribution in [2.24, 2.45) is 5.92 Å². The van der Waals surface area contributed by atoms with E-state index in [2.05, 4.69) is 25.2 Å². The molecule has 2 rings (SSSR count). The Bertz CT molecular complexity index is 333. The lowest BCUT2D eigenvalue weighted by atomic mass is 10.1. The Hall–Kier alpha value is -0.690. The molecule has 1 aromatic rings. The molecule has 0 heterocycles. The highest BCUT2D eigenvalue weighted by Crippen LogP contribution is 2.32. The molecule has 1 N–H and O–H groups in total. The molecule has 0 aliphatic heterocycles. The average Bonchev–Trinajstić information content (AvgIpc) is 2.98. The normalized spacial score (nSPS) is 15.4. The number of anilines is 1. The van der Waals surface area contributed by atoms with Crippen LogP contribution in [0.1, 0.15) is 30.4 Å². The SMILES string of the molecule is Cc1cc(NCCC2CC2)cc(Cl)c1C. The van der Waals surface area contributed by atoms with Crippen LogP contribution in [0.5, 0.6) is 0 Å². The predicted molar refractivity (Wildman–Crippen MR) is 66.8 cm³/mol. The molecule has 0 aromatic heterocycles. The second-order valence-corrected chi connectivity index (χ2v) is 4.97. The Morgan fingerprint density at radius 3 is 2.67 bits per heavy atom. The monoisotopic (exact) mass is 223 g/mol. The Balaban J connectivity index is 1.94. The Morgan fingerprint density at radius 2 is 2.07 bits per heavy atom. The van der Waals surface area contributed by atoms with Gasteiger partial charge in [0.25, 0.3) is 0 Å². The zero-order chi connectivity index (χ0) is 10.8. The Kier molecular flexibility index (Phi) is 3.20. The van der Waals surface area contributed by atoms with Gasteiger partial charge in [0.15, 0.2) is 0 Å². The lowest BCUT2D eigenvalue weighted by Crippen LogP contribution is -2.02. The molecule has 1 aliphatic carbocycles. The first kappa shape index (κ1) is 10.8. The first-order valence-electron chi connectivity index (χ1n) is 5.67. The summed E-state index contributed by atoms with van der Waals surface area (Å²) < 4.78 is 0. The van der Waals surface area contributed by atoms with Crippen molar-refractivity contribution in [1.29, 1.82) is 0 Å². The molecule has 0 spiro atoms. The first-order chi connectivity index (χ1) is 7.16. The van der Waals surface area contributed by atoms with E-state index in [9.17, 15) is 0 Å². The van der Waals surface area contributed by atoms with Crippen LogP contribution in [0.3, 0.4) is 0 Å². The van der Waals surface area contributed by atoms with Crippen molar-refractivity contribution in [2.45, 2.75) is 33.1 Å². The molecule has 1 aromatic carbocycles. The van der Waals surface area contributed by atoms with Crippen LogP contribution in [0.2, 0.25) is 5.02 Å². The van der Waals surface area contributed by atoms with Gasteiger partial charge in [0, 0.05) is 17.3 Å². The highest BCUT2D eigenvalue weighted by molar-refractivity contribution is 6.31. The number of rotatable bonds is 4. The van der Waals surface area contributed by atoms with Crippen LogP contribution in [0.25, 0.3) is 0 Å². The highest BCUT2D eigenvalue weighted by atomic mass is 35.5. The van der Waals surface area contributed by atoms with E-state index < -0.39 is 0 Å². The smallest absolute Gasteiger partial charge is 0.0458 e. The van der Waals surface area contributed by atoms with Gasteiger partial charge in [-0.25, -0.2) is 0 Å². The van der Waals surface area contributed by atoms with Crippen molar-refractivity contribution < 1.29 is 0 Å². The van der Waals surface area contributed by atoms with Gasteiger partial charge in [-0.15, -0.1) is 0 Å². The second-order valence-electron chi connectivity index (χ2n) is 4.56. The molecular formula is C13H18ClN. The number of nitrogens with one attached hydrogen (secondary N) is 1. The van der Waals surface area contributed by atoms with Crippen LogP contribution in [0.4, 0.5) is 5.69 Å². The molecule has 1 saturated carbocycles. The van der Waals surface area contributed by atoms with E-state index in [1.807, 2.05) is 6.07 Å². The summed E-state index contributed by atoms with van der Waals surface area (Å²) in [5.74, 6) is 0.986.